The van der Waals surface area contributed by atoms with Gasteiger partial charge in [-0.05, 0) is 19.3 Å². The Morgan fingerprint density at radius 1 is 1.38 bits per heavy atom. The number of amides is 2. The number of likely N-dealkylation sites (tertiary alicyclic amines) is 1. The summed E-state index contributed by atoms with van der Waals surface area (Å²) in [5.74, 6) is -0.618. The largest absolute Gasteiger partial charge is 0.388 e. The van der Waals surface area contributed by atoms with E-state index in [2.05, 4.69) is 11.9 Å². The van der Waals surface area contributed by atoms with Crippen LogP contribution in [0.3, 0.4) is 0 Å². The van der Waals surface area contributed by atoms with Gasteiger partial charge in [0.25, 0.3) is 0 Å². The van der Waals surface area contributed by atoms with Crippen LogP contribution in [0, 0.1) is 0 Å². The Kier molecular flexibility index (Phi) is 7.39. The van der Waals surface area contributed by atoms with Crippen LogP contribution in [0.1, 0.15) is 39.0 Å². The molecule has 1 heterocycles. The lowest BCUT2D eigenvalue weighted by Gasteiger charge is -2.25. The molecule has 1 saturated heterocycles. The lowest BCUT2D eigenvalue weighted by Crippen LogP contribution is -2.50. The molecule has 6 heteroatoms. The average Bonchev–Trinajstić information content (AvgIpc) is 2.75. The third kappa shape index (κ3) is 4.82. The number of carbonyl (C=O) groups is 2. The van der Waals surface area contributed by atoms with Gasteiger partial charge >= 0.3 is 0 Å². The highest BCUT2D eigenvalue weighted by molar-refractivity contribution is 5.89. The number of nitrogens with one attached hydrogen (secondary N) is 1. The van der Waals surface area contributed by atoms with Crippen LogP contribution < -0.4 is 5.32 Å². The molecule has 0 aliphatic carbocycles. The van der Waals surface area contributed by atoms with Gasteiger partial charge in [-0.25, -0.2) is 0 Å². The van der Waals surface area contributed by atoms with Crippen molar-refractivity contribution in [2.24, 2.45) is 0 Å². The van der Waals surface area contributed by atoms with Gasteiger partial charge in [-0.2, -0.15) is 0 Å². The fraction of sp³-hybridized carbons (Fsp3) is 0.733. The zero-order valence-corrected chi connectivity index (χ0v) is 12.6. The van der Waals surface area contributed by atoms with E-state index in [4.69, 9.17) is 0 Å². The van der Waals surface area contributed by atoms with Gasteiger partial charge in [0.15, 0.2) is 0 Å². The fourth-order valence-corrected chi connectivity index (χ4v) is 2.41. The highest BCUT2D eigenvalue weighted by Crippen LogP contribution is 2.20. The molecule has 0 aromatic rings. The number of carbonyl (C=O) groups excluding carboxylic acids is 2. The molecule has 1 aliphatic rings. The summed E-state index contributed by atoms with van der Waals surface area (Å²) in [5.41, 5.74) is 0. The van der Waals surface area contributed by atoms with E-state index in [1.54, 1.807) is 6.08 Å². The lowest BCUT2D eigenvalue weighted by molar-refractivity contribution is -0.140. The molecule has 3 N–H and O–H groups in total. The molecule has 0 radical (unpaired) electrons. The molecule has 21 heavy (non-hydrogen) atoms. The first kappa shape index (κ1) is 17.7. The SMILES string of the molecule is C=CCCCC(=O)N1C[C@H](O)[C@H](O)[C@H]1C(=O)NCCCC. The van der Waals surface area contributed by atoms with Gasteiger partial charge in [0.1, 0.15) is 12.1 Å². The van der Waals surface area contributed by atoms with Crippen LogP contribution in [0.25, 0.3) is 0 Å². The van der Waals surface area contributed by atoms with Gasteiger partial charge in [-0.1, -0.05) is 19.4 Å². The Morgan fingerprint density at radius 3 is 2.71 bits per heavy atom. The third-order valence-corrected chi connectivity index (χ3v) is 3.65. The first-order valence-electron chi connectivity index (χ1n) is 7.57. The monoisotopic (exact) mass is 298 g/mol. The first-order chi connectivity index (χ1) is 10.0. The molecule has 0 spiro atoms. The summed E-state index contributed by atoms with van der Waals surface area (Å²) in [6.07, 6.45) is 2.86. The standard InChI is InChI=1S/C15H26N2O4/c1-3-5-7-8-12(19)17-10-11(18)14(20)13(17)15(21)16-9-6-4-2/h3,11,13-14,18,20H,1,4-10H2,2H3,(H,16,21)/t11-,13-,14-/m0/s1. The van der Waals surface area contributed by atoms with E-state index in [1.165, 1.54) is 4.90 Å². The minimum atomic E-state index is -1.23. The molecular formula is C15H26N2O4. The van der Waals surface area contributed by atoms with Crippen molar-refractivity contribution in [2.75, 3.05) is 13.1 Å². The van der Waals surface area contributed by atoms with Crippen LogP contribution in [0.15, 0.2) is 12.7 Å². The molecular weight excluding hydrogens is 272 g/mol. The van der Waals surface area contributed by atoms with Crippen LogP contribution in [0.2, 0.25) is 0 Å². The Balaban J connectivity index is 2.64. The zero-order chi connectivity index (χ0) is 15.8. The van der Waals surface area contributed by atoms with Crippen molar-refractivity contribution in [1.29, 1.82) is 0 Å². The molecule has 1 fully saturated rings. The summed E-state index contributed by atoms with van der Waals surface area (Å²) >= 11 is 0. The molecule has 3 atom stereocenters. The van der Waals surface area contributed by atoms with Crippen LogP contribution >= 0.6 is 0 Å². The smallest absolute Gasteiger partial charge is 0.245 e. The predicted molar refractivity (Wildman–Crippen MR) is 79.5 cm³/mol. The van der Waals surface area contributed by atoms with E-state index in [0.29, 0.717) is 13.0 Å². The van der Waals surface area contributed by atoms with E-state index in [1.807, 2.05) is 6.92 Å². The normalized spacial score (nSPS) is 24.9. The molecule has 0 saturated carbocycles. The maximum Gasteiger partial charge on any atom is 0.245 e. The van der Waals surface area contributed by atoms with Crippen molar-refractivity contribution >= 4 is 11.8 Å². The Bertz CT molecular complexity index is 373. The number of allylic oxidation sites excluding steroid dienone is 1. The number of aliphatic hydroxyl groups is 2. The topological polar surface area (TPSA) is 89.9 Å². The van der Waals surface area contributed by atoms with Gasteiger partial charge in [0.2, 0.25) is 11.8 Å². The minimum Gasteiger partial charge on any atom is -0.388 e. The number of unbranched alkanes of at least 4 members (excludes halogenated alkanes) is 2. The van der Waals surface area contributed by atoms with Crippen LogP contribution in [-0.2, 0) is 9.59 Å². The zero-order valence-electron chi connectivity index (χ0n) is 12.6. The highest BCUT2D eigenvalue weighted by Gasteiger charge is 2.45. The summed E-state index contributed by atoms with van der Waals surface area (Å²) < 4.78 is 0. The van der Waals surface area contributed by atoms with E-state index in [9.17, 15) is 19.8 Å². The number of rotatable bonds is 8. The summed E-state index contributed by atoms with van der Waals surface area (Å²) in [6.45, 7) is 6.11. The van der Waals surface area contributed by atoms with Gasteiger partial charge in [-0.15, -0.1) is 6.58 Å². The highest BCUT2D eigenvalue weighted by atomic mass is 16.3. The van der Waals surface area contributed by atoms with Crippen LogP contribution in [-0.4, -0.2) is 58.3 Å². The molecule has 0 bridgehead atoms. The lowest BCUT2D eigenvalue weighted by atomic mass is 10.1. The second kappa shape index (κ2) is 8.79. The van der Waals surface area contributed by atoms with Crippen molar-refractivity contribution in [3.63, 3.8) is 0 Å². The summed E-state index contributed by atoms with van der Waals surface area (Å²) in [6, 6.07) is -0.993. The van der Waals surface area contributed by atoms with E-state index >= 15 is 0 Å². The summed E-state index contributed by atoms with van der Waals surface area (Å²) in [5, 5.41) is 22.4. The maximum atomic E-state index is 12.1. The van der Waals surface area contributed by atoms with Crippen molar-refractivity contribution < 1.29 is 19.8 Å². The fourth-order valence-electron chi connectivity index (χ4n) is 2.41. The second-order valence-electron chi connectivity index (χ2n) is 5.37. The van der Waals surface area contributed by atoms with E-state index in [-0.39, 0.29) is 18.9 Å². The molecule has 1 aliphatic heterocycles. The van der Waals surface area contributed by atoms with Crippen molar-refractivity contribution in [3.8, 4) is 0 Å². The third-order valence-electron chi connectivity index (χ3n) is 3.65. The molecule has 6 nitrogen and oxygen atoms in total. The predicted octanol–water partition coefficient (Wildman–Crippen LogP) is 0.192. The number of nitrogens with zero attached hydrogens (tertiary/aromatic N) is 1. The molecule has 0 unspecified atom stereocenters. The van der Waals surface area contributed by atoms with Gasteiger partial charge in [0, 0.05) is 13.0 Å². The Labute approximate surface area is 125 Å². The van der Waals surface area contributed by atoms with Crippen LogP contribution in [0.5, 0.6) is 0 Å². The van der Waals surface area contributed by atoms with Gasteiger partial charge < -0.3 is 20.4 Å². The van der Waals surface area contributed by atoms with Crippen molar-refractivity contribution in [2.45, 2.75) is 57.3 Å². The summed E-state index contributed by atoms with van der Waals surface area (Å²) in [7, 11) is 0. The molecule has 0 aromatic heterocycles. The molecule has 0 aromatic carbocycles. The summed E-state index contributed by atoms with van der Waals surface area (Å²) in [4.78, 5) is 25.6. The second-order valence-corrected chi connectivity index (χ2v) is 5.37. The average molecular weight is 298 g/mol. The van der Waals surface area contributed by atoms with Gasteiger partial charge in [0.05, 0.1) is 12.6 Å². The molecule has 2 amide bonds. The maximum absolute atomic E-state index is 12.1. The van der Waals surface area contributed by atoms with Crippen molar-refractivity contribution in [3.05, 3.63) is 12.7 Å². The van der Waals surface area contributed by atoms with Crippen molar-refractivity contribution in [1.82, 2.24) is 10.2 Å². The number of hydrogen-bond acceptors (Lipinski definition) is 4. The number of hydrogen-bond donors (Lipinski definition) is 3. The Hall–Kier alpha value is -1.40. The molecule has 1 rings (SSSR count). The van der Waals surface area contributed by atoms with E-state index in [0.717, 1.165) is 19.3 Å². The number of aliphatic hydroxyl groups excluding tert-OH is 2. The van der Waals surface area contributed by atoms with Gasteiger partial charge in [-0.3, -0.25) is 9.59 Å². The number of β-amino-alcohol motifs (C(OH)–C–C–N with tert-alkyl or cyclic N) is 1. The van der Waals surface area contributed by atoms with E-state index < -0.39 is 24.2 Å². The minimum absolute atomic E-state index is 0.0000459. The quantitative estimate of drug-likeness (QED) is 0.441. The van der Waals surface area contributed by atoms with Crippen LogP contribution in [0.4, 0.5) is 0 Å². The Morgan fingerprint density at radius 2 is 2.10 bits per heavy atom. The first-order valence-corrected chi connectivity index (χ1v) is 7.57. The molecule has 120 valence electrons.